The summed E-state index contributed by atoms with van der Waals surface area (Å²) in [4.78, 5) is 29.3. The molecule has 32 heavy (non-hydrogen) atoms. The number of rotatable bonds is 6. The third-order valence-electron chi connectivity index (χ3n) is 6.23. The van der Waals surface area contributed by atoms with E-state index in [1.807, 2.05) is 13.8 Å². The molecule has 1 saturated carbocycles. The molecular formula is C22H23N5O5. The monoisotopic (exact) mass is 437 g/mol. The standard InChI is InChI=1S/C22H23N5O5/c1-13-17(14(2)32-24-13)12-25-11-16(9-23-25)27-20(29)22(6-7-22)26(21(27)30)10-15-4-5-19(31-3)18(28)8-15/h4-5,8-9,11,28H,6-7,10,12H2,1-3H3. The van der Waals surface area contributed by atoms with E-state index in [4.69, 9.17) is 9.26 Å². The number of urea groups is 1. The van der Waals surface area contributed by atoms with E-state index in [2.05, 4.69) is 10.3 Å². The predicted octanol–water partition coefficient (Wildman–Crippen LogP) is 2.75. The molecule has 0 unspecified atom stereocenters. The summed E-state index contributed by atoms with van der Waals surface area (Å²) in [6, 6.07) is 4.58. The van der Waals surface area contributed by atoms with Crippen LogP contribution in [0.4, 0.5) is 10.5 Å². The van der Waals surface area contributed by atoms with E-state index in [-0.39, 0.29) is 24.2 Å². The van der Waals surface area contributed by atoms with E-state index in [0.717, 1.165) is 11.3 Å². The number of nitrogens with zero attached hydrogens (tertiary/aromatic N) is 5. The van der Waals surface area contributed by atoms with E-state index in [9.17, 15) is 14.7 Å². The molecule has 1 saturated heterocycles. The summed E-state index contributed by atoms with van der Waals surface area (Å²) in [5.74, 6) is 0.812. The van der Waals surface area contributed by atoms with Gasteiger partial charge in [0, 0.05) is 18.3 Å². The summed E-state index contributed by atoms with van der Waals surface area (Å²) in [5, 5.41) is 18.4. The molecule has 2 fully saturated rings. The van der Waals surface area contributed by atoms with Gasteiger partial charge in [0.2, 0.25) is 0 Å². The molecule has 0 atom stereocenters. The number of ether oxygens (including phenoxy) is 1. The fraction of sp³-hybridized carbons (Fsp3) is 0.364. The van der Waals surface area contributed by atoms with Crippen LogP contribution in [0.25, 0.3) is 0 Å². The third kappa shape index (κ3) is 3.02. The first kappa shape index (κ1) is 20.1. The van der Waals surface area contributed by atoms with E-state index < -0.39 is 5.54 Å². The van der Waals surface area contributed by atoms with Crippen molar-refractivity contribution >= 4 is 17.6 Å². The maximum atomic E-state index is 13.3. The number of imide groups is 1. The van der Waals surface area contributed by atoms with Crippen LogP contribution < -0.4 is 9.64 Å². The Hall–Kier alpha value is -3.82. The Morgan fingerprint density at radius 3 is 2.62 bits per heavy atom. The van der Waals surface area contributed by atoms with Crippen molar-refractivity contribution in [3.63, 3.8) is 0 Å². The van der Waals surface area contributed by atoms with Crippen molar-refractivity contribution in [1.82, 2.24) is 19.8 Å². The van der Waals surface area contributed by atoms with E-state index in [0.29, 0.717) is 42.1 Å². The van der Waals surface area contributed by atoms with Crippen LogP contribution in [0, 0.1) is 13.8 Å². The van der Waals surface area contributed by atoms with Crippen molar-refractivity contribution < 1.29 is 24.0 Å². The number of methoxy groups -OCH3 is 1. The molecule has 10 nitrogen and oxygen atoms in total. The molecule has 3 heterocycles. The molecular weight excluding hydrogens is 414 g/mol. The second kappa shape index (κ2) is 7.11. The van der Waals surface area contributed by atoms with Crippen LogP contribution in [0.2, 0.25) is 0 Å². The molecule has 1 aliphatic carbocycles. The van der Waals surface area contributed by atoms with Gasteiger partial charge in [-0.3, -0.25) is 9.48 Å². The Balaban J connectivity index is 1.39. The van der Waals surface area contributed by atoms with E-state index in [1.165, 1.54) is 18.2 Å². The van der Waals surface area contributed by atoms with Crippen LogP contribution in [0.3, 0.4) is 0 Å². The van der Waals surface area contributed by atoms with Crippen molar-refractivity contribution in [2.24, 2.45) is 0 Å². The third-order valence-corrected chi connectivity index (χ3v) is 6.23. The smallest absolute Gasteiger partial charge is 0.332 e. The summed E-state index contributed by atoms with van der Waals surface area (Å²) in [6.07, 6.45) is 4.43. The lowest BCUT2D eigenvalue weighted by atomic mass is 10.1. The van der Waals surface area contributed by atoms with Gasteiger partial charge in [-0.1, -0.05) is 11.2 Å². The van der Waals surface area contributed by atoms with Crippen LogP contribution in [-0.2, 0) is 17.9 Å². The van der Waals surface area contributed by atoms with Gasteiger partial charge >= 0.3 is 6.03 Å². The number of aromatic nitrogens is 3. The topological polar surface area (TPSA) is 114 Å². The van der Waals surface area contributed by atoms with Crippen LogP contribution in [0.15, 0.2) is 35.1 Å². The second-order valence-electron chi connectivity index (χ2n) is 8.25. The first-order chi connectivity index (χ1) is 15.3. The van der Waals surface area contributed by atoms with Crippen molar-refractivity contribution in [3.05, 3.63) is 53.2 Å². The van der Waals surface area contributed by atoms with Gasteiger partial charge in [0.25, 0.3) is 5.91 Å². The number of carbonyl (C=O) groups excluding carboxylic acids is 2. The quantitative estimate of drug-likeness (QED) is 0.590. The Kier molecular flexibility index (Phi) is 4.47. The van der Waals surface area contributed by atoms with Crippen molar-refractivity contribution in [1.29, 1.82) is 0 Å². The predicted molar refractivity (Wildman–Crippen MR) is 112 cm³/mol. The number of aromatic hydroxyl groups is 1. The van der Waals surface area contributed by atoms with Crippen molar-refractivity contribution in [3.8, 4) is 11.5 Å². The van der Waals surface area contributed by atoms with E-state index in [1.54, 1.807) is 34.0 Å². The molecule has 1 aromatic carbocycles. The summed E-state index contributed by atoms with van der Waals surface area (Å²) >= 11 is 0. The summed E-state index contributed by atoms with van der Waals surface area (Å²) in [7, 11) is 1.47. The van der Waals surface area contributed by atoms with Gasteiger partial charge in [0.15, 0.2) is 11.5 Å². The number of phenols is 1. The average molecular weight is 437 g/mol. The molecule has 2 aromatic heterocycles. The molecule has 1 N–H and O–H groups in total. The Labute approximate surface area is 184 Å². The van der Waals surface area contributed by atoms with Crippen LogP contribution >= 0.6 is 0 Å². The fourth-order valence-corrected chi connectivity index (χ4v) is 4.22. The van der Waals surface area contributed by atoms with Gasteiger partial charge in [-0.2, -0.15) is 5.10 Å². The number of amides is 3. The Bertz CT molecular complexity index is 1210. The lowest BCUT2D eigenvalue weighted by Gasteiger charge is -2.21. The number of phenolic OH excluding ortho intramolecular Hbond substituents is 1. The fourth-order valence-electron chi connectivity index (χ4n) is 4.22. The number of carbonyl (C=O) groups is 2. The highest BCUT2D eigenvalue weighted by Crippen LogP contribution is 2.49. The van der Waals surface area contributed by atoms with Gasteiger partial charge in [-0.05, 0) is 44.4 Å². The average Bonchev–Trinajstić information content (AvgIpc) is 3.29. The molecule has 10 heteroatoms. The minimum atomic E-state index is -0.823. The highest BCUT2D eigenvalue weighted by Gasteiger charge is 2.65. The minimum Gasteiger partial charge on any atom is -0.504 e. The van der Waals surface area contributed by atoms with Gasteiger partial charge in [-0.25, -0.2) is 9.69 Å². The molecule has 0 radical (unpaired) electrons. The number of aryl methyl sites for hydroxylation is 2. The summed E-state index contributed by atoms with van der Waals surface area (Å²) in [6.45, 7) is 4.33. The first-order valence-corrected chi connectivity index (χ1v) is 10.3. The summed E-state index contributed by atoms with van der Waals surface area (Å²) < 4.78 is 11.9. The van der Waals surface area contributed by atoms with Gasteiger partial charge in [-0.15, -0.1) is 0 Å². The zero-order valence-electron chi connectivity index (χ0n) is 18.0. The zero-order valence-corrected chi connectivity index (χ0v) is 18.0. The second-order valence-corrected chi connectivity index (χ2v) is 8.25. The number of benzene rings is 1. The maximum absolute atomic E-state index is 13.3. The maximum Gasteiger partial charge on any atom is 0.332 e. The molecule has 0 bridgehead atoms. The lowest BCUT2D eigenvalue weighted by Crippen LogP contribution is -2.36. The molecule has 2 aliphatic rings. The lowest BCUT2D eigenvalue weighted by molar-refractivity contribution is -0.120. The Morgan fingerprint density at radius 2 is 2.00 bits per heavy atom. The Morgan fingerprint density at radius 1 is 1.22 bits per heavy atom. The number of anilines is 1. The summed E-state index contributed by atoms with van der Waals surface area (Å²) in [5.41, 5.74) is 2.01. The normalized spacial score (nSPS) is 17.0. The first-order valence-electron chi connectivity index (χ1n) is 10.3. The van der Waals surface area contributed by atoms with E-state index >= 15 is 0 Å². The highest BCUT2D eigenvalue weighted by molar-refractivity contribution is 6.24. The van der Waals surface area contributed by atoms with Gasteiger partial charge in [0.05, 0.1) is 31.2 Å². The van der Waals surface area contributed by atoms with Crippen molar-refractivity contribution in [2.45, 2.75) is 45.3 Å². The molecule has 5 rings (SSSR count). The molecule has 1 spiro atoms. The number of hydrogen-bond donors (Lipinski definition) is 1. The van der Waals surface area contributed by atoms with Gasteiger partial charge < -0.3 is 19.3 Å². The van der Waals surface area contributed by atoms with Crippen molar-refractivity contribution in [2.75, 3.05) is 12.0 Å². The molecule has 3 aromatic rings. The number of hydrogen-bond acceptors (Lipinski definition) is 7. The van der Waals surface area contributed by atoms with Crippen LogP contribution in [0.1, 0.15) is 35.4 Å². The molecule has 1 aliphatic heterocycles. The zero-order chi connectivity index (χ0) is 22.6. The molecule has 3 amide bonds. The SMILES string of the molecule is COc1ccc(CN2C(=O)N(c3cnn(Cc4c(C)noc4C)c3)C(=O)C23CC3)cc1O. The van der Waals surface area contributed by atoms with Crippen LogP contribution in [-0.4, -0.2) is 49.5 Å². The van der Waals surface area contributed by atoms with Gasteiger partial charge in [0.1, 0.15) is 11.3 Å². The highest BCUT2D eigenvalue weighted by atomic mass is 16.5. The largest absolute Gasteiger partial charge is 0.504 e. The minimum absolute atomic E-state index is 0.00900. The molecule has 166 valence electrons. The van der Waals surface area contributed by atoms with Crippen LogP contribution in [0.5, 0.6) is 11.5 Å².